The van der Waals surface area contributed by atoms with Gasteiger partial charge in [0, 0.05) is 19.0 Å². The van der Waals surface area contributed by atoms with Gasteiger partial charge in [0.05, 0.1) is 6.61 Å². The Morgan fingerprint density at radius 2 is 1.50 bits per heavy atom. The molecule has 1 N–H and O–H groups in total. The Bertz CT molecular complexity index is 227. The molecule has 3 heteroatoms. The van der Waals surface area contributed by atoms with Gasteiger partial charge < -0.3 is 10.0 Å². The van der Waals surface area contributed by atoms with Gasteiger partial charge in [-0.3, -0.25) is 4.79 Å². The van der Waals surface area contributed by atoms with Gasteiger partial charge >= 0.3 is 0 Å². The predicted octanol–water partition coefficient (Wildman–Crippen LogP) is 4.14. The van der Waals surface area contributed by atoms with Gasteiger partial charge in [-0.05, 0) is 19.3 Å². The molecule has 0 aromatic rings. The minimum absolute atomic E-state index is 0.0687. The molecular weight excluding hydrogens is 250 g/mol. The van der Waals surface area contributed by atoms with Crippen molar-refractivity contribution in [3.05, 3.63) is 0 Å². The lowest BCUT2D eigenvalue weighted by Crippen LogP contribution is -2.41. The minimum atomic E-state index is 0.0687. The van der Waals surface area contributed by atoms with E-state index in [2.05, 4.69) is 20.8 Å². The normalized spacial score (nSPS) is 11.1. The Kier molecular flexibility index (Phi) is 13.0. The predicted molar refractivity (Wildman–Crippen MR) is 85.8 cm³/mol. The Balaban J connectivity index is 3.89. The standard InChI is InChI=1S/C17H35NO2/c1-4-7-8-9-10-11-12-13-17(20)18(14-15-19)16(5-2)6-3/h16,19H,4-15H2,1-3H3. The van der Waals surface area contributed by atoms with E-state index in [9.17, 15) is 4.79 Å². The number of carbonyl (C=O) groups is 1. The largest absolute Gasteiger partial charge is 0.395 e. The topological polar surface area (TPSA) is 40.5 Å². The van der Waals surface area contributed by atoms with Crippen LogP contribution in [0.3, 0.4) is 0 Å². The molecule has 0 bridgehead atoms. The van der Waals surface area contributed by atoms with Crippen molar-refractivity contribution in [2.75, 3.05) is 13.2 Å². The van der Waals surface area contributed by atoms with Crippen molar-refractivity contribution in [1.82, 2.24) is 4.90 Å². The number of hydrogen-bond donors (Lipinski definition) is 1. The third-order valence-electron chi connectivity index (χ3n) is 4.04. The Morgan fingerprint density at radius 1 is 0.950 bits per heavy atom. The summed E-state index contributed by atoms with van der Waals surface area (Å²) >= 11 is 0. The van der Waals surface area contributed by atoms with Crippen molar-refractivity contribution in [2.24, 2.45) is 0 Å². The molecule has 0 saturated heterocycles. The monoisotopic (exact) mass is 285 g/mol. The summed E-state index contributed by atoms with van der Waals surface area (Å²) in [6.07, 6.45) is 11.2. The van der Waals surface area contributed by atoms with Gasteiger partial charge in [0.2, 0.25) is 5.91 Å². The summed E-state index contributed by atoms with van der Waals surface area (Å²) in [7, 11) is 0. The quantitative estimate of drug-likeness (QED) is 0.517. The molecule has 0 spiro atoms. The average Bonchev–Trinajstić information content (AvgIpc) is 2.46. The molecule has 0 aliphatic rings. The van der Waals surface area contributed by atoms with E-state index in [4.69, 9.17) is 5.11 Å². The molecule has 0 aliphatic carbocycles. The number of hydrogen-bond acceptors (Lipinski definition) is 2. The van der Waals surface area contributed by atoms with Crippen LogP contribution in [0.15, 0.2) is 0 Å². The van der Waals surface area contributed by atoms with Gasteiger partial charge in [0.15, 0.2) is 0 Å². The lowest BCUT2D eigenvalue weighted by atomic mass is 10.1. The highest BCUT2D eigenvalue weighted by molar-refractivity contribution is 5.76. The summed E-state index contributed by atoms with van der Waals surface area (Å²) in [6, 6.07) is 0.291. The van der Waals surface area contributed by atoms with Crippen LogP contribution in [0, 0.1) is 0 Å². The fourth-order valence-electron chi connectivity index (χ4n) is 2.73. The third kappa shape index (κ3) is 8.57. The van der Waals surface area contributed by atoms with Crippen LogP contribution in [0.4, 0.5) is 0 Å². The minimum Gasteiger partial charge on any atom is -0.395 e. The number of carbonyl (C=O) groups excluding carboxylic acids is 1. The fraction of sp³-hybridized carbons (Fsp3) is 0.941. The first kappa shape index (κ1) is 19.4. The molecular formula is C17H35NO2. The zero-order valence-corrected chi connectivity index (χ0v) is 13.9. The van der Waals surface area contributed by atoms with Gasteiger partial charge in [-0.15, -0.1) is 0 Å². The number of amides is 1. The second-order valence-corrected chi connectivity index (χ2v) is 5.65. The van der Waals surface area contributed by atoms with Gasteiger partial charge in [-0.2, -0.15) is 0 Å². The van der Waals surface area contributed by atoms with E-state index in [1.165, 1.54) is 32.1 Å². The SMILES string of the molecule is CCCCCCCCCC(=O)N(CCO)C(CC)CC. The van der Waals surface area contributed by atoms with Crippen molar-refractivity contribution in [3.8, 4) is 0 Å². The van der Waals surface area contributed by atoms with Crippen molar-refractivity contribution in [1.29, 1.82) is 0 Å². The summed E-state index contributed by atoms with van der Waals surface area (Å²) in [5, 5.41) is 9.12. The highest BCUT2D eigenvalue weighted by Crippen LogP contribution is 2.13. The third-order valence-corrected chi connectivity index (χ3v) is 4.04. The summed E-state index contributed by atoms with van der Waals surface area (Å²) in [5.74, 6) is 0.223. The molecule has 0 aliphatic heterocycles. The van der Waals surface area contributed by atoms with Gasteiger partial charge in [-0.25, -0.2) is 0 Å². The number of aliphatic hydroxyl groups is 1. The van der Waals surface area contributed by atoms with Crippen LogP contribution in [0.25, 0.3) is 0 Å². The molecule has 120 valence electrons. The highest BCUT2D eigenvalue weighted by Gasteiger charge is 2.19. The zero-order valence-electron chi connectivity index (χ0n) is 13.9. The zero-order chi connectivity index (χ0) is 15.2. The molecule has 0 heterocycles. The first-order valence-corrected chi connectivity index (χ1v) is 8.61. The van der Waals surface area contributed by atoms with Crippen LogP contribution in [-0.2, 0) is 4.79 Å². The first-order chi connectivity index (χ1) is 9.71. The molecule has 0 rings (SSSR count). The molecule has 20 heavy (non-hydrogen) atoms. The fourth-order valence-corrected chi connectivity index (χ4v) is 2.73. The smallest absolute Gasteiger partial charge is 0.222 e. The summed E-state index contributed by atoms with van der Waals surface area (Å²) in [6.45, 7) is 7.01. The summed E-state index contributed by atoms with van der Waals surface area (Å²) < 4.78 is 0. The van der Waals surface area contributed by atoms with Crippen LogP contribution >= 0.6 is 0 Å². The average molecular weight is 285 g/mol. The van der Waals surface area contributed by atoms with E-state index in [1.54, 1.807) is 0 Å². The van der Waals surface area contributed by atoms with Crippen LogP contribution in [0.5, 0.6) is 0 Å². The maximum absolute atomic E-state index is 12.2. The second kappa shape index (κ2) is 13.4. The molecule has 0 radical (unpaired) electrons. The van der Waals surface area contributed by atoms with Crippen molar-refractivity contribution < 1.29 is 9.90 Å². The summed E-state index contributed by atoms with van der Waals surface area (Å²) in [5.41, 5.74) is 0. The maximum Gasteiger partial charge on any atom is 0.222 e. The molecule has 0 saturated carbocycles. The number of unbranched alkanes of at least 4 members (excludes halogenated alkanes) is 6. The summed E-state index contributed by atoms with van der Waals surface area (Å²) in [4.78, 5) is 14.1. The molecule has 0 aromatic heterocycles. The van der Waals surface area contributed by atoms with E-state index in [0.29, 0.717) is 19.0 Å². The van der Waals surface area contributed by atoms with E-state index in [-0.39, 0.29) is 12.5 Å². The Morgan fingerprint density at radius 3 is 2.00 bits per heavy atom. The Labute approximate surface area is 125 Å². The number of aliphatic hydroxyl groups excluding tert-OH is 1. The molecule has 0 unspecified atom stereocenters. The highest BCUT2D eigenvalue weighted by atomic mass is 16.3. The molecule has 0 fully saturated rings. The molecule has 1 amide bonds. The van der Waals surface area contributed by atoms with Crippen molar-refractivity contribution >= 4 is 5.91 Å². The number of rotatable bonds is 13. The van der Waals surface area contributed by atoms with E-state index in [0.717, 1.165) is 25.7 Å². The van der Waals surface area contributed by atoms with Crippen molar-refractivity contribution in [3.63, 3.8) is 0 Å². The molecule has 0 aromatic carbocycles. The second-order valence-electron chi connectivity index (χ2n) is 5.65. The van der Waals surface area contributed by atoms with E-state index in [1.807, 2.05) is 4.90 Å². The first-order valence-electron chi connectivity index (χ1n) is 8.61. The van der Waals surface area contributed by atoms with Gasteiger partial charge in [0.1, 0.15) is 0 Å². The lowest BCUT2D eigenvalue weighted by molar-refractivity contribution is -0.134. The number of nitrogens with zero attached hydrogens (tertiary/aromatic N) is 1. The maximum atomic E-state index is 12.2. The molecule has 0 atom stereocenters. The van der Waals surface area contributed by atoms with Crippen LogP contribution in [0.2, 0.25) is 0 Å². The van der Waals surface area contributed by atoms with E-state index >= 15 is 0 Å². The van der Waals surface area contributed by atoms with Crippen LogP contribution < -0.4 is 0 Å². The van der Waals surface area contributed by atoms with Gasteiger partial charge in [0.25, 0.3) is 0 Å². The van der Waals surface area contributed by atoms with Crippen LogP contribution in [0.1, 0.15) is 85.0 Å². The van der Waals surface area contributed by atoms with Crippen LogP contribution in [-0.4, -0.2) is 35.1 Å². The van der Waals surface area contributed by atoms with E-state index < -0.39 is 0 Å². The molecule has 3 nitrogen and oxygen atoms in total. The Hall–Kier alpha value is -0.570. The van der Waals surface area contributed by atoms with Gasteiger partial charge in [-0.1, -0.05) is 59.3 Å². The lowest BCUT2D eigenvalue weighted by Gasteiger charge is -2.30. The van der Waals surface area contributed by atoms with Crippen molar-refractivity contribution in [2.45, 2.75) is 91.0 Å².